The van der Waals surface area contributed by atoms with E-state index in [9.17, 15) is 4.79 Å². The molecule has 0 radical (unpaired) electrons. The van der Waals surface area contributed by atoms with E-state index in [1.807, 2.05) is 31.2 Å². The first-order valence-electron chi connectivity index (χ1n) is 7.07. The molecule has 0 fully saturated rings. The highest BCUT2D eigenvalue weighted by molar-refractivity contribution is 9.09. The van der Waals surface area contributed by atoms with E-state index in [4.69, 9.17) is 4.74 Å². The molecule has 0 spiro atoms. The van der Waals surface area contributed by atoms with Gasteiger partial charge in [-0.3, -0.25) is 4.79 Å². The number of halogens is 1. The molecule has 0 saturated carbocycles. The molecule has 112 valence electrons. The number of hydrogen-bond acceptors (Lipinski definition) is 2. The number of ether oxygens (including phenoxy) is 1. The SMILES string of the molecule is Cc1cccc(OCCC(=O)NC(CCBr)C(C)C)c1. The van der Waals surface area contributed by atoms with Crippen LogP contribution in [0.5, 0.6) is 5.75 Å². The molecule has 0 heterocycles. The number of nitrogens with one attached hydrogen (secondary N) is 1. The van der Waals surface area contributed by atoms with Crippen molar-refractivity contribution in [3.63, 3.8) is 0 Å². The zero-order chi connectivity index (χ0) is 15.0. The van der Waals surface area contributed by atoms with Crippen molar-refractivity contribution >= 4 is 21.8 Å². The Hall–Kier alpha value is -1.03. The fourth-order valence-electron chi connectivity index (χ4n) is 1.94. The van der Waals surface area contributed by atoms with Crippen molar-refractivity contribution in [3.05, 3.63) is 29.8 Å². The Labute approximate surface area is 130 Å². The minimum Gasteiger partial charge on any atom is -0.493 e. The second kappa shape index (κ2) is 9.01. The fraction of sp³-hybridized carbons (Fsp3) is 0.562. The van der Waals surface area contributed by atoms with E-state index in [1.165, 1.54) is 0 Å². The highest BCUT2D eigenvalue weighted by atomic mass is 79.9. The molecule has 1 atom stereocenters. The number of alkyl halides is 1. The summed E-state index contributed by atoms with van der Waals surface area (Å²) in [5.74, 6) is 1.31. The summed E-state index contributed by atoms with van der Waals surface area (Å²) in [7, 11) is 0. The minimum atomic E-state index is 0.0531. The van der Waals surface area contributed by atoms with Crippen molar-refractivity contribution in [2.24, 2.45) is 5.92 Å². The van der Waals surface area contributed by atoms with Gasteiger partial charge in [-0.2, -0.15) is 0 Å². The van der Waals surface area contributed by atoms with Gasteiger partial charge in [0.15, 0.2) is 0 Å². The molecule has 1 rings (SSSR count). The number of aryl methyl sites for hydroxylation is 1. The van der Waals surface area contributed by atoms with Gasteiger partial charge in [-0.15, -0.1) is 0 Å². The van der Waals surface area contributed by atoms with E-state index >= 15 is 0 Å². The van der Waals surface area contributed by atoms with Gasteiger partial charge in [0.25, 0.3) is 0 Å². The first-order valence-corrected chi connectivity index (χ1v) is 8.20. The molecule has 20 heavy (non-hydrogen) atoms. The van der Waals surface area contributed by atoms with Crippen LogP contribution in [-0.4, -0.2) is 23.9 Å². The van der Waals surface area contributed by atoms with Gasteiger partial charge in [0.2, 0.25) is 5.91 Å². The summed E-state index contributed by atoms with van der Waals surface area (Å²) in [5.41, 5.74) is 1.16. The topological polar surface area (TPSA) is 38.3 Å². The second-order valence-corrected chi connectivity index (χ2v) is 6.10. The standard InChI is InChI=1S/C16H24BrNO2/c1-12(2)15(7-9-17)18-16(19)8-10-20-14-6-4-5-13(3)11-14/h4-6,11-12,15H,7-10H2,1-3H3,(H,18,19). The third-order valence-electron chi connectivity index (χ3n) is 3.16. The number of benzene rings is 1. The molecule has 0 aliphatic rings. The first kappa shape index (κ1) is 17.0. The maximum absolute atomic E-state index is 11.9. The van der Waals surface area contributed by atoms with Crippen LogP contribution in [0.25, 0.3) is 0 Å². The number of carbonyl (C=O) groups excluding carboxylic acids is 1. The van der Waals surface area contributed by atoms with Crippen LogP contribution in [0.2, 0.25) is 0 Å². The molecule has 0 aliphatic heterocycles. The molecule has 0 saturated heterocycles. The van der Waals surface area contributed by atoms with Gasteiger partial charge in [-0.1, -0.05) is 41.9 Å². The van der Waals surface area contributed by atoms with Crippen molar-refractivity contribution in [2.75, 3.05) is 11.9 Å². The Balaban J connectivity index is 2.32. The van der Waals surface area contributed by atoms with Crippen LogP contribution in [0.1, 0.15) is 32.3 Å². The molecule has 3 nitrogen and oxygen atoms in total. The van der Waals surface area contributed by atoms with Crippen LogP contribution in [-0.2, 0) is 4.79 Å². The highest BCUT2D eigenvalue weighted by Crippen LogP contribution is 2.12. The van der Waals surface area contributed by atoms with Crippen LogP contribution in [0, 0.1) is 12.8 Å². The van der Waals surface area contributed by atoms with E-state index < -0.39 is 0 Å². The average Bonchev–Trinajstić information content (AvgIpc) is 2.38. The normalized spacial score (nSPS) is 12.2. The van der Waals surface area contributed by atoms with E-state index in [-0.39, 0.29) is 11.9 Å². The lowest BCUT2D eigenvalue weighted by atomic mass is 10.0. The predicted octanol–water partition coefficient (Wildman–Crippen LogP) is 3.69. The third-order valence-corrected chi connectivity index (χ3v) is 3.62. The van der Waals surface area contributed by atoms with Gasteiger partial charge in [-0.05, 0) is 37.0 Å². The number of hydrogen-bond donors (Lipinski definition) is 1. The Morgan fingerprint density at radius 3 is 2.75 bits per heavy atom. The van der Waals surface area contributed by atoms with Gasteiger partial charge in [0.05, 0.1) is 13.0 Å². The van der Waals surface area contributed by atoms with Crippen LogP contribution in [0.15, 0.2) is 24.3 Å². The van der Waals surface area contributed by atoms with Crippen LogP contribution in [0.3, 0.4) is 0 Å². The van der Waals surface area contributed by atoms with Crippen LogP contribution >= 0.6 is 15.9 Å². The Bertz CT molecular complexity index is 421. The number of carbonyl (C=O) groups is 1. The molecule has 1 aromatic rings. The monoisotopic (exact) mass is 341 g/mol. The number of rotatable bonds is 8. The lowest BCUT2D eigenvalue weighted by molar-refractivity contribution is -0.122. The largest absolute Gasteiger partial charge is 0.493 e. The van der Waals surface area contributed by atoms with Gasteiger partial charge in [0, 0.05) is 11.4 Å². The predicted molar refractivity (Wildman–Crippen MR) is 86.5 cm³/mol. The Morgan fingerprint density at radius 2 is 2.15 bits per heavy atom. The summed E-state index contributed by atoms with van der Waals surface area (Å²) in [4.78, 5) is 11.9. The molecular weight excluding hydrogens is 318 g/mol. The zero-order valence-electron chi connectivity index (χ0n) is 12.5. The minimum absolute atomic E-state index is 0.0531. The molecule has 1 N–H and O–H groups in total. The Morgan fingerprint density at radius 1 is 1.40 bits per heavy atom. The second-order valence-electron chi connectivity index (χ2n) is 5.31. The summed E-state index contributed by atoms with van der Waals surface area (Å²) >= 11 is 3.42. The van der Waals surface area contributed by atoms with Gasteiger partial charge < -0.3 is 10.1 Å². The molecule has 0 bridgehead atoms. The third kappa shape index (κ3) is 6.42. The maximum atomic E-state index is 11.9. The quantitative estimate of drug-likeness (QED) is 0.732. The van der Waals surface area contributed by atoms with Crippen LogP contribution in [0.4, 0.5) is 0 Å². The number of amides is 1. The van der Waals surface area contributed by atoms with Gasteiger partial charge >= 0.3 is 0 Å². The first-order chi connectivity index (χ1) is 9.52. The highest BCUT2D eigenvalue weighted by Gasteiger charge is 2.15. The average molecular weight is 342 g/mol. The molecule has 1 unspecified atom stereocenters. The smallest absolute Gasteiger partial charge is 0.223 e. The molecular formula is C16H24BrNO2. The van der Waals surface area contributed by atoms with E-state index in [1.54, 1.807) is 0 Å². The lowest BCUT2D eigenvalue weighted by Crippen LogP contribution is -2.39. The van der Waals surface area contributed by atoms with E-state index in [0.29, 0.717) is 18.9 Å². The molecule has 1 aromatic carbocycles. The summed E-state index contributed by atoms with van der Waals surface area (Å²) in [5, 5.41) is 3.96. The summed E-state index contributed by atoms with van der Waals surface area (Å²) in [6.45, 7) is 6.68. The van der Waals surface area contributed by atoms with Crippen molar-refractivity contribution in [2.45, 2.75) is 39.7 Å². The lowest BCUT2D eigenvalue weighted by Gasteiger charge is -2.21. The van der Waals surface area contributed by atoms with Gasteiger partial charge in [-0.25, -0.2) is 0 Å². The van der Waals surface area contributed by atoms with E-state index in [0.717, 1.165) is 23.1 Å². The maximum Gasteiger partial charge on any atom is 0.223 e. The molecule has 0 aromatic heterocycles. The molecule has 1 amide bonds. The Kier molecular flexibility index (Phi) is 7.67. The van der Waals surface area contributed by atoms with Crippen molar-refractivity contribution in [1.29, 1.82) is 0 Å². The molecule has 4 heteroatoms. The summed E-state index contributed by atoms with van der Waals surface area (Å²) < 4.78 is 5.59. The van der Waals surface area contributed by atoms with Gasteiger partial charge in [0.1, 0.15) is 5.75 Å². The summed E-state index contributed by atoms with van der Waals surface area (Å²) in [6.07, 6.45) is 1.33. The molecule has 0 aliphatic carbocycles. The van der Waals surface area contributed by atoms with E-state index in [2.05, 4.69) is 35.1 Å². The van der Waals surface area contributed by atoms with Crippen molar-refractivity contribution < 1.29 is 9.53 Å². The van der Waals surface area contributed by atoms with Crippen LogP contribution < -0.4 is 10.1 Å². The van der Waals surface area contributed by atoms with Crippen molar-refractivity contribution in [3.8, 4) is 5.75 Å². The summed E-state index contributed by atoms with van der Waals surface area (Å²) in [6, 6.07) is 8.08. The fourth-order valence-corrected chi connectivity index (χ4v) is 2.43. The zero-order valence-corrected chi connectivity index (χ0v) is 14.1. The van der Waals surface area contributed by atoms with Crippen molar-refractivity contribution in [1.82, 2.24) is 5.32 Å².